The van der Waals surface area contributed by atoms with Gasteiger partial charge in [-0.1, -0.05) is 54.6 Å². The molecule has 6 heteroatoms. The third-order valence-corrected chi connectivity index (χ3v) is 5.43. The minimum absolute atomic E-state index is 0.0756. The summed E-state index contributed by atoms with van der Waals surface area (Å²) >= 11 is 0. The lowest BCUT2D eigenvalue weighted by atomic mass is 9.81. The van der Waals surface area contributed by atoms with Crippen LogP contribution in [0.1, 0.15) is 17.0 Å². The summed E-state index contributed by atoms with van der Waals surface area (Å²) in [5.41, 5.74) is 9.90. The zero-order chi connectivity index (χ0) is 20.7. The van der Waals surface area contributed by atoms with E-state index in [-0.39, 0.29) is 5.88 Å². The molecule has 0 radical (unpaired) electrons. The molecule has 1 aliphatic rings. The van der Waals surface area contributed by atoms with Gasteiger partial charge in [0.25, 0.3) is 0 Å². The average Bonchev–Trinajstić information content (AvgIpc) is 3.21. The molecule has 0 fully saturated rings. The lowest BCUT2D eigenvalue weighted by Gasteiger charge is -2.25. The largest absolute Gasteiger partial charge is 0.497 e. The third kappa shape index (κ3) is 2.68. The van der Waals surface area contributed by atoms with Gasteiger partial charge in [0, 0.05) is 5.56 Å². The van der Waals surface area contributed by atoms with E-state index < -0.39 is 5.92 Å². The monoisotopic (exact) mass is 394 g/mol. The van der Waals surface area contributed by atoms with Gasteiger partial charge in [0.1, 0.15) is 17.4 Å². The summed E-state index contributed by atoms with van der Waals surface area (Å²) in [6.07, 6.45) is 0. The molecule has 5 rings (SSSR count). The number of benzene rings is 3. The minimum Gasteiger partial charge on any atom is -0.497 e. The first-order chi connectivity index (χ1) is 14.7. The first-order valence-electron chi connectivity index (χ1n) is 9.49. The fourth-order valence-corrected chi connectivity index (χ4v) is 4.06. The van der Waals surface area contributed by atoms with Gasteiger partial charge in [0.2, 0.25) is 11.8 Å². The van der Waals surface area contributed by atoms with E-state index in [1.165, 1.54) is 0 Å². The Morgan fingerprint density at radius 3 is 2.73 bits per heavy atom. The Labute approximate surface area is 173 Å². The van der Waals surface area contributed by atoms with Crippen LogP contribution in [0.25, 0.3) is 22.0 Å². The molecule has 6 nitrogen and oxygen atoms in total. The minimum atomic E-state index is -0.412. The Bertz CT molecular complexity index is 1340. The number of fused-ring (bicyclic) bond motifs is 2. The highest BCUT2D eigenvalue weighted by atomic mass is 16.5. The Balaban J connectivity index is 1.79. The number of allylic oxidation sites excluding steroid dienone is 1. The van der Waals surface area contributed by atoms with Gasteiger partial charge in [-0.05, 0) is 28.5 Å². The van der Waals surface area contributed by atoms with Gasteiger partial charge in [-0.15, -0.1) is 5.10 Å². The Kier molecular flexibility index (Phi) is 4.15. The van der Waals surface area contributed by atoms with Gasteiger partial charge in [0.05, 0.1) is 24.3 Å². The highest BCUT2D eigenvalue weighted by Crippen LogP contribution is 2.47. The van der Waals surface area contributed by atoms with Crippen molar-refractivity contribution in [2.24, 2.45) is 5.73 Å². The van der Waals surface area contributed by atoms with Gasteiger partial charge < -0.3 is 15.2 Å². The van der Waals surface area contributed by atoms with E-state index in [2.05, 4.69) is 34.5 Å². The van der Waals surface area contributed by atoms with Crippen LogP contribution in [-0.2, 0) is 0 Å². The second-order valence-corrected chi connectivity index (χ2v) is 7.04. The van der Waals surface area contributed by atoms with E-state index in [4.69, 9.17) is 15.2 Å². The Hall–Kier alpha value is -4.24. The molecular weight excluding hydrogens is 376 g/mol. The number of hydrogen-bond acceptors (Lipinski definition) is 5. The fourth-order valence-electron chi connectivity index (χ4n) is 4.06. The van der Waals surface area contributed by atoms with Crippen LogP contribution >= 0.6 is 0 Å². The lowest BCUT2D eigenvalue weighted by Crippen LogP contribution is -2.21. The second-order valence-electron chi connectivity index (χ2n) is 7.04. The van der Waals surface area contributed by atoms with E-state index in [0.29, 0.717) is 11.5 Å². The predicted molar refractivity (Wildman–Crippen MR) is 114 cm³/mol. The van der Waals surface area contributed by atoms with Crippen LogP contribution in [-0.4, -0.2) is 17.3 Å². The first kappa shape index (κ1) is 17.8. The molecule has 30 heavy (non-hydrogen) atoms. The van der Waals surface area contributed by atoms with Gasteiger partial charge in [0.15, 0.2) is 0 Å². The van der Waals surface area contributed by atoms with Crippen molar-refractivity contribution in [1.29, 1.82) is 5.26 Å². The maximum Gasteiger partial charge on any atom is 0.244 e. The van der Waals surface area contributed by atoms with Crippen LogP contribution in [0.4, 0.5) is 0 Å². The molecule has 4 aromatic rings. The molecule has 3 aromatic carbocycles. The molecule has 1 aromatic heterocycles. The van der Waals surface area contributed by atoms with Crippen molar-refractivity contribution in [2.75, 3.05) is 7.11 Å². The van der Waals surface area contributed by atoms with Crippen molar-refractivity contribution in [3.8, 4) is 29.0 Å². The maximum absolute atomic E-state index is 9.95. The van der Waals surface area contributed by atoms with E-state index in [1.54, 1.807) is 7.11 Å². The molecule has 146 valence electrons. The number of nitrogens with zero attached hydrogens (tertiary/aromatic N) is 2. The van der Waals surface area contributed by atoms with Crippen molar-refractivity contribution in [2.45, 2.75) is 5.92 Å². The molecule has 0 aliphatic carbocycles. The molecule has 1 unspecified atom stereocenters. The van der Waals surface area contributed by atoms with Crippen LogP contribution in [0, 0.1) is 11.3 Å². The van der Waals surface area contributed by atoms with Gasteiger partial charge in [-0.3, -0.25) is 5.10 Å². The van der Waals surface area contributed by atoms with E-state index in [9.17, 15) is 5.26 Å². The van der Waals surface area contributed by atoms with Crippen molar-refractivity contribution in [3.05, 3.63) is 89.3 Å². The van der Waals surface area contributed by atoms with Crippen LogP contribution < -0.4 is 15.2 Å². The smallest absolute Gasteiger partial charge is 0.244 e. The number of nitrogens with two attached hydrogens (primary N) is 1. The SMILES string of the molecule is COc1cccc(-c2[nH]nc3c2C(c2cccc4ccccc24)C(C#N)=C(N)O3)c1. The predicted octanol–water partition coefficient (Wildman–Crippen LogP) is 4.46. The molecule has 0 amide bonds. The number of ether oxygens (including phenoxy) is 2. The summed E-state index contributed by atoms with van der Waals surface area (Å²) < 4.78 is 11.1. The third-order valence-electron chi connectivity index (χ3n) is 5.43. The van der Waals surface area contributed by atoms with E-state index >= 15 is 0 Å². The summed E-state index contributed by atoms with van der Waals surface area (Å²) in [7, 11) is 1.63. The second kappa shape index (κ2) is 6.98. The summed E-state index contributed by atoms with van der Waals surface area (Å²) in [6.45, 7) is 0. The molecule has 2 heterocycles. The number of nitriles is 1. The van der Waals surface area contributed by atoms with Crippen LogP contribution in [0.3, 0.4) is 0 Å². The number of H-pyrrole nitrogens is 1. The quantitative estimate of drug-likeness (QED) is 0.535. The Morgan fingerprint density at radius 2 is 1.90 bits per heavy atom. The highest BCUT2D eigenvalue weighted by Gasteiger charge is 2.36. The highest BCUT2D eigenvalue weighted by molar-refractivity contribution is 5.88. The molecule has 0 bridgehead atoms. The van der Waals surface area contributed by atoms with E-state index in [1.807, 2.05) is 48.5 Å². The molecule has 1 aliphatic heterocycles. The van der Waals surface area contributed by atoms with E-state index in [0.717, 1.165) is 38.9 Å². The normalized spacial score (nSPS) is 15.4. The number of rotatable bonds is 3. The lowest BCUT2D eigenvalue weighted by molar-refractivity contribution is 0.379. The molecule has 0 saturated carbocycles. The molecule has 0 spiro atoms. The standard InChI is InChI=1S/C24H18N4O2/c1-29-16-9-4-8-15(12-16)22-21-20(19(13-25)23(26)30-24(21)28-27-22)18-11-5-7-14-6-2-3-10-17(14)18/h2-12,20H,26H2,1H3,(H,27,28). The van der Waals surface area contributed by atoms with Gasteiger partial charge >= 0.3 is 0 Å². The molecular formula is C24H18N4O2. The number of methoxy groups -OCH3 is 1. The number of nitrogens with one attached hydrogen (secondary N) is 1. The number of hydrogen-bond donors (Lipinski definition) is 2. The summed E-state index contributed by atoms with van der Waals surface area (Å²) in [6, 6.07) is 24.1. The van der Waals surface area contributed by atoms with Crippen molar-refractivity contribution in [1.82, 2.24) is 10.2 Å². The van der Waals surface area contributed by atoms with Gasteiger partial charge in [-0.25, -0.2) is 0 Å². The number of aromatic amines is 1. The zero-order valence-electron chi connectivity index (χ0n) is 16.2. The molecule has 3 N–H and O–H groups in total. The molecule has 1 atom stereocenters. The summed E-state index contributed by atoms with van der Waals surface area (Å²) in [5.74, 6) is 0.767. The van der Waals surface area contributed by atoms with Crippen molar-refractivity contribution in [3.63, 3.8) is 0 Å². The fraction of sp³-hybridized carbons (Fsp3) is 0.0833. The first-order valence-corrected chi connectivity index (χ1v) is 9.49. The summed E-state index contributed by atoms with van der Waals surface area (Å²) in [5, 5.41) is 19.5. The number of aromatic nitrogens is 2. The zero-order valence-corrected chi connectivity index (χ0v) is 16.2. The molecule has 0 saturated heterocycles. The summed E-state index contributed by atoms with van der Waals surface area (Å²) in [4.78, 5) is 0. The average molecular weight is 394 g/mol. The van der Waals surface area contributed by atoms with Crippen molar-refractivity contribution >= 4 is 10.8 Å². The van der Waals surface area contributed by atoms with Crippen LogP contribution in [0.5, 0.6) is 11.6 Å². The van der Waals surface area contributed by atoms with Crippen LogP contribution in [0.2, 0.25) is 0 Å². The van der Waals surface area contributed by atoms with Gasteiger partial charge in [-0.2, -0.15) is 5.26 Å². The maximum atomic E-state index is 9.95. The van der Waals surface area contributed by atoms with Crippen molar-refractivity contribution < 1.29 is 9.47 Å². The van der Waals surface area contributed by atoms with Crippen LogP contribution in [0.15, 0.2) is 78.2 Å². The topological polar surface area (TPSA) is 97.0 Å². The Morgan fingerprint density at radius 1 is 1.10 bits per heavy atom.